The van der Waals surface area contributed by atoms with E-state index in [0.717, 1.165) is 24.2 Å². The Bertz CT molecular complexity index is 769. The lowest BCUT2D eigenvalue weighted by molar-refractivity contribution is -0.0794. The fraction of sp³-hybridized carbons (Fsp3) is 0.500. The second kappa shape index (κ2) is 6.21. The van der Waals surface area contributed by atoms with Crippen molar-refractivity contribution in [3.05, 3.63) is 53.3 Å². The van der Waals surface area contributed by atoms with Gasteiger partial charge in [-0.1, -0.05) is 43.2 Å². The Labute approximate surface area is 149 Å². The molecule has 0 unspecified atom stereocenters. The number of nitrogens with zero attached hydrogens (tertiary/aromatic N) is 3. The van der Waals surface area contributed by atoms with Gasteiger partial charge in [0.05, 0.1) is 11.7 Å². The summed E-state index contributed by atoms with van der Waals surface area (Å²) in [6, 6.07) is 10.6. The van der Waals surface area contributed by atoms with Gasteiger partial charge in [-0.2, -0.15) is 5.10 Å². The molecule has 1 aromatic heterocycles. The number of benzene rings is 1. The normalized spacial score (nSPS) is 25.2. The van der Waals surface area contributed by atoms with E-state index in [-0.39, 0.29) is 11.6 Å². The molecule has 5 heteroatoms. The number of nitrogens with one attached hydrogen (secondary N) is 1. The zero-order chi connectivity index (χ0) is 17.4. The van der Waals surface area contributed by atoms with Gasteiger partial charge in [0.25, 0.3) is 0 Å². The molecule has 2 fully saturated rings. The van der Waals surface area contributed by atoms with E-state index in [0.29, 0.717) is 12.5 Å². The minimum absolute atomic E-state index is 0.0465. The van der Waals surface area contributed by atoms with Crippen LogP contribution < -0.4 is 5.32 Å². The number of carbonyl (C=O) groups excluding carboxylic acids is 1. The van der Waals surface area contributed by atoms with Gasteiger partial charge in [0.1, 0.15) is 0 Å². The third kappa shape index (κ3) is 2.53. The molecule has 2 atom stereocenters. The van der Waals surface area contributed by atoms with Crippen molar-refractivity contribution in [1.29, 1.82) is 0 Å². The number of fused-ring (bicyclic) bond motifs is 1. The van der Waals surface area contributed by atoms with Gasteiger partial charge in [-0.3, -0.25) is 4.68 Å². The molecule has 2 heterocycles. The Morgan fingerprint density at radius 1 is 1.32 bits per heavy atom. The number of likely N-dealkylation sites (tertiary alicyclic amines) is 1. The lowest BCUT2D eigenvalue weighted by atomic mass is 9.62. The van der Waals surface area contributed by atoms with Crippen molar-refractivity contribution in [2.45, 2.75) is 44.7 Å². The largest absolute Gasteiger partial charge is 0.334 e. The summed E-state index contributed by atoms with van der Waals surface area (Å²) in [4.78, 5) is 15.0. The highest BCUT2D eigenvalue weighted by Gasteiger charge is 2.56. The standard InChI is InChI=1S/C20H26N4O/c1-15-16(13-22-23(15)2)12-21-19(25)24-14-18-10-6-7-11-20(18,24)17-8-4-3-5-9-17/h3-5,8-9,13,18H,6-7,10-12,14H2,1-2H3,(H,21,25)/t18-,20-/m0/s1. The van der Waals surface area contributed by atoms with Crippen molar-refractivity contribution in [2.75, 3.05) is 6.54 Å². The fourth-order valence-electron chi connectivity index (χ4n) is 4.61. The van der Waals surface area contributed by atoms with Crippen LogP contribution in [0.15, 0.2) is 36.5 Å². The molecule has 1 saturated carbocycles. The zero-order valence-corrected chi connectivity index (χ0v) is 15.0. The van der Waals surface area contributed by atoms with E-state index in [4.69, 9.17) is 0 Å². The molecule has 132 valence electrons. The van der Waals surface area contributed by atoms with Crippen LogP contribution in [0.1, 0.15) is 42.5 Å². The van der Waals surface area contributed by atoms with Crippen LogP contribution in [0.5, 0.6) is 0 Å². The topological polar surface area (TPSA) is 50.2 Å². The molecule has 0 bridgehead atoms. The first kappa shape index (κ1) is 16.2. The summed E-state index contributed by atoms with van der Waals surface area (Å²) >= 11 is 0. The molecule has 4 rings (SSSR count). The van der Waals surface area contributed by atoms with Gasteiger partial charge in [-0.25, -0.2) is 4.79 Å². The molecule has 25 heavy (non-hydrogen) atoms. The van der Waals surface area contributed by atoms with Crippen LogP contribution in [-0.2, 0) is 19.1 Å². The summed E-state index contributed by atoms with van der Waals surface area (Å²) in [5.74, 6) is 0.592. The Balaban J connectivity index is 1.53. The summed E-state index contributed by atoms with van der Waals surface area (Å²) in [5.41, 5.74) is 3.36. The number of aryl methyl sites for hydroxylation is 1. The van der Waals surface area contributed by atoms with E-state index < -0.39 is 0 Å². The summed E-state index contributed by atoms with van der Waals surface area (Å²) < 4.78 is 1.84. The third-order valence-corrected chi connectivity index (χ3v) is 6.21. The van der Waals surface area contributed by atoms with Crippen LogP contribution in [0, 0.1) is 12.8 Å². The van der Waals surface area contributed by atoms with Crippen LogP contribution in [0.4, 0.5) is 4.79 Å². The van der Waals surface area contributed by atoms with E-state index in [9.17, 15) is 4.79 Å². The zero-order valence-electron chi connectivity index (χ0n) is 15.0. The van der Waals surface area contributed by atoms with Crippen LogP contribution in [-0.4, -0.2) is 27.3 Å². The van der Waals surface area contributed by atoms with Gasteiger partial charge in [0.2, 0.25) is 0 Å². The quantitative estimate of drug-likeness (QED) is 0.933. The van der Waals surface area contributed by atoms with Gasteiger partial charge in [-0.15, -0.1) is 0 Å². The molecule has 0 radical (unpaired) electrons. The fourth-order valence-corrected chi connectivity index (χ4v) is 4.61. The second-order valence-electron chi connectivity index (χ2n) is 7.38. The number of aromatic nitrogens is 2. The van der Waals surface area contributed by atoms with Crippen molar-refractivity contribution in [2.24, 2.45) is 13.0 Å². The third-order valence-electron chi connectivity index (χ3n) is 6.21. The van der Waals surface area contributed by atoms with Gasteiger partial charge in [-0.05, 0) is 25.3 Å². The molecular formula is C20H26N4O. The van der Waals surface area contributed by atoms with Gasteiger partial charge < -0.3 is 10.2 Å². The van der Waals surface area contributed by atoms with Crippen LogP contribution in [0.2, 0.25) is 0 Å². The van der Waals surface area contributed by atoms with Gasteiger partial charge in [0.15, 0.2) is 0 Å². The maximum Gasteiger partial charge on any atom is 0.318 e. The average molecular weight is 338 g/mol. The number of urea groups is 1. The van der Waals surface area contributed by atoms with E-state index in [2.05, 4.69) is 39.6 Å². The van der Waals surface area contributed by atoms with E-state index >= 15 is 0 Å². The molecule has 2 aliphatic rings. The average Bonchev–Trinajstić information content (AvgIpc) is 2.94. The second-order valence-corrected chi connectivity index (χ2v) is 7.38. The molecule has 1 aromatic carbocycles. The lowest BCUT2D eigenvalue weighted by Crippen LogP contribution is -2.69. The van der Waals surface area contributed by atoms with Crippen LogP contribution in [0.25, 0.3) is 0 Å². The number of carbonyl (C=O) groups is 1. The van der Waals surface area contributed by atoms with Crippen molar-refractivity contribution < 1.29 is 4.79 Å². The highest BCUT2D eigenvalue weighted by atomic mass is 16.2. The Morgan fingerprint density at radius 2 is 2.12 bits per heavy atom. The molecule has 1 N–H and O–H groups in total. The van der Waals surface area contributed by atoms with Crippen molar-refractivity contribution in [1.82, 2.24) is 20.0 Å². The SMILES string of the molecule is Cc1c(CNC(=O)N2C[C@@H]3CCCC[C@]32c2ccccc2)cnn1C. The molecule has 1 aliphatic carbocycles. The number of hydrogen-bond acceptors (Lipinski definition) is 2. The molecule has 0 spiro atoms. The van der Waals surface area contributed by atoms with Gasteiger partial charge in [0, 0.05) is 37.3 Å². The Kier molecular flexibility index (Phi) is 4.02. The summed E-state index contributed by atoms with van der Waals surface area (Å²) in [5, 5.41) is 7.37. The molecule has 2 aromatic rings. The first-order valence-corrected chi connectivity index (χ1v) is 9.21. The smallest absolute Gasteiger partial charge is 0.318 e. The predicted octanol–water partition coefficient (Wildman–Crippen LogP) is 3.34. The van der Waals surface area contributed by atoms with Crippen molar-refractivity contribution in [3.8, 4) is 0 Å². The minimum atomic E-state index is -0.104. The number of amides is 2. The molecule has 5 nitrogen and oxygen atoms in total. The van der Waals surface area contributed by atoms with Crippen LogP contribution >= 0.6 is 0 Å². The predicted molar refractivity (Wildman–Crippen MR) is 97.0 cm³/mol. The first-order chi connectivity index (χ1) is 12.1. The van der Waals surface area contributed by atoms with Gasteiger partial charge >= 0.3 is 6.03 Å². The molecule has 2 amide bonds. The van der Waals surface area contributed by atoms with Crippen molar-refractivity contribution in [3.63, 3.8) is 0 Å². The molecular weight excluding hydrogens is 312 g/mol. The number of hydrogen-bond donors (Lipinski definition) is 1. The van der Waals surface area contributed by atoms with E-state index in [1.54, 1.807) is 0 Å². The molecule has 1 aliphatic heterocycles. The summed E-state index contributed by atoms with van der Waals surface area (Å²) in [7, 11) is 1.92. The summed E-state index contributed by atoms with van der Waals surface area (Å²) in [6.07, 6.45) is 6.60. The van der Waals surface area contributed by atoms with Crippen molar-refractivity contribution >= 4 is 6.03 Å². The Hall–Kier alpha value is -2.30. The maximum absolute atomic E-state index is 12.9. The summed E-state index contributed by atoms with van der Waals surface area (Å²) in [6.45, 7) is 3.43. The van der Waals surface area contributed by atoms with E-state index in [1.807, 2.05) is 30.9 Å². The highest BCUT2D eigenvalue weighted by molar-refractivity contribution is 5.77. The molecule has 1 saturated heterocycles. The Morgan fingerprint density at radius 3 is 2.80 bits per heavy atom. The van der Waals surface area contributed by atoms with E-state index in [1.165, 1.54) is 24.8 Å². The highest BCUT2D eigenvalue weighted by Crippen LogP contribution is 2.53. The van der Waals surface area contributed by atoms with Crippen LogP contribution in [0.3, 0.4) is 0 Å². The minimum Gasteiger partial charge on any atom is -0.334 e. The monoisotopic (exact) mass is 338 g/mol. The lowest BCUT2D eigenvalue weighted by Gasteiger charge is -2.61. The first-order valence-electron chi connectivity index (χ1n) is 9.21. The number of rotatable bonds is 3. The maximum atomic E-state index is 12.9.